The molecule has 2 N–H and O–H groups in total. The quantitative estimate of drug-likeness (QED) is 0.560. The Bertz CT molecular complexity index is 905. The molecule has 2 fully saturated rings. The second-order valence-electron chi connectivity index (χ2n) is 8.58. The van der Waals surface area contributed by atoms with Gasteiger partial charge < -0.3 is 14.8 Å². The average Bonchev–Trinajstić information content (AvgIpc) is 3.26. The van der Waals surface area contributed by atoms with Crippen molar-refractivity contribution in [3.8, 4) is 5.75 Å². The number of benzene rings is 1. The Labute approximate surface area is 178 Å². The summed E-state index contributed by atoms with van der Waals surface area (Å²) in [6, 6.07) is 9.66. The maximum absolute atomic E-state index is 12.5. The van der Waals surface area contributed by atoms with Crippen LogP contribution in [0.15, 0.2) is 66.0 Å². The number of likely N-dealkylation sites (tertiary alicyclic amines) is 1. The van der Waals surface area contributed by atoms with E-state index in [0.29, 0.717) is 11.7 Å². The summed E-state index contributed by atoms with van der Waals surface area (Å²) < 4.78 is 5.04. The average molecular weight is 407 g/mol. The number of fused-ring (bicyclic) bond motifs is 1. The minimum atomic E-state index is -0.0743. The molecule has 1 saturated heterocycles. The molecule has 3 atom stereocenters. The number of hydrogen-bond acceptors (Lipinski definition) is 4. The molecule has 2 heterocycles. The summed E-state index contributed by atoms with van der Waals surface area (Å²) in [4.78, 5) is 15.0. The van der Waals surface area contributed by atoms with Crippen molar-refractivity contribution in [2.24, 2.45) is 5.92 Å². The highest BCUT2D eigenvalue weighted by molar-refractivity contribution is 5.91. The second kappa shape index (κ2) is 8.92. The maximum Gasteiger partial charge on any atom is 0.244 e. The van der Waals surface area contributed by atoms with Crippen LogP contribution in [0, 0.1) is 5.92 Å². The third-order valence-corrected chi connectivity index (χ3v) is 6.73. The molecule has 1 saturated carbocycles. The molecule has 0 bridgehead atoms. The van der Waals surface area contributed by atoms with E-state index in [1.807, 2.05) is 24.3 Å². The first kappa shape index (κ1) is 20.5. The number of nitrogens with zero attached hydrogens (tertiary/aromatic N) is 1. The van der Waals surface area contributed by atoms with Crippen molar-refractivity contribution in [1.29, 1.82) is 0 Å². The fourth-order valence-electron chi connectivity index (χ4n) is 5.30. The van der Waals surface area contributed by atoms with Crippen molar-refractivity contribution < 1.29 is 14.3 Å². The standard InChI is InChI=1S/C25H30N2O3/c1-2-12-27-13-11-25(20-4-3-5-23(28)15-20)16-22(8-7-21(25)17-27)26-24(29)9-6-19-10-14-30-18-19/h2-6,9-10,14-15,18,21-22,28H,1,7-8,11-13,16-17H2,(H,26,29)/t21-,22-,25+/m1/s1. The van der Waals surface area contributed by atoms with Crippen LogP contribution in [-0.2, 0) is 10.2 Å². The molecule has 0 unspecified atom stereocenters. The van der Waals surface area contributed by atoms with Crippen molar-refractivity contribution in [2.75, 3.05) is 19.6 Å². The molecule has 1 aromatic carbocycles. The number of carbonyl (C=O) groups is 1. The van der Waals surface area contributed by atoms with E-state index in [1.54, 1.807) is 30.7 Å². The van der Waals surface area contributed by atoms with Crippen LogP contribution in [-0.4, -0.2) is 41.6 Å². The number of phenolic OH excluding ortho intramolecular Hbond substituents is 1. The van der Waals surface area contributed by atoms with E-state index in [0.717, 1.165) is 50.9 Å². The highest BCUT2D eigenvalue weighted by Crippen LogP contribution is 2.49. The van der Waals surface area contributed by atoms with Gasteiger partial charge in [-0.05, 0) is 68.0 Å². The Kier molecular flexibility index (Phi) is 6.09. The predicted molar refractivity (Wildman–Crippen MR) is 118 cm³/mol. The van der Waals surface area contributed by atoms with Gasteiger partial charge in [0.15, 0.2) is 0 Å². The van der Waals surface area contributed by atoms with Crippen molar-refractivity contribution in [3.05, 3.63) is 72.7 Å². The van der Waals surface area contributed by atoms with Gasteiger partial charge >= 0.3 is 0 Å². The number of furan rings is 1. The van der Waals surface area contributed by atoms with E-state index in [9.17, 15) is 9.90 Å². The Morgan fingerprint density at radius 2 is 2.27 bits per heavy atom. The molecule has 1 aliphatic heterocycles. The fourth-order valence-corrected chi connectivity index (χ4v) is 5.30. The zero-order valence-corrected chi connectivity index (χ0v) is 17.3. The lowest BCUT2D eigenvalue weighted by Gasteiger charge is -2.53. The zero-order chi connectivity index (χ0) is 21.0. The highest BCUT2D eigenvalue weighted by Gasteiger charge is 2.48. The molecular formula is C25H30N2O3. The third kappa shape index (κ3) is 4.36. The van der Waals surface area contributed by atoms with Crippen molar-refractivity contribution in [3.63, 3.8) is 0 Å². The molecular weight excluding hydrogens is 376 g/mol. The molecule has 1 aliphatic carbocycles. The normalized spacial score (nSPS) is 26.9. The molecule has 30 heavy (non-hydrogen) atoms. The van der Waals surface area contributed by atoms with Gasteiger partial charge in [-0.1, -0.05) is 18.2 Å². The Morgan fingerprint density at radius 3 is 3.03 bits per heavy atom. The Morgan fingerprint density at radius 1 is 1.37 bits per heavy atom. The summed E-state index contributed by atoms with van der Waals surface area (Å²) in [7, 11) is 0. The van der Waals surface area contributed by atoms with Crippen LogP contribution in [0.4, 0.5) is 0 Å². The monoisotopic (exact) mass is 406 g/mol. The lowest BCUT2D eigenvalue weighted by Crippen LogP contribution is -2.56. The topological polar surface area (TPSA) is 65.7 Å². The SMILES string of the molecule is C=CCN1CC[C@@]2(c3cccc(O)c3)C[C@H](NC(=O)C=Cc3ccoc3)CC[C@@H]2C1. The number of hydrogen-bond donors (Lipinski definition) is 2. The molecule has 2 aromatic rings. The van der Waals surface area contributed by atoms with Crippen molar-refractivity contribution in [1.82, 2.24) is 10.2 Å². The zero-order valence-electron chi connectivity index (χ0n) is 17.3. The van der Waals surface area contributed by atoms with Crippen molar-refractivity contribution in [2.45, 2.75) is 37.1 Å². The Balaban J connectivity index is 1.52. The number of nitrogens with one attached hydrogen (secondary N) is 1. The van der Waals surface area contributed by atoms with Crippen molar-refractivity contribution >= 4 is 12.0 Å². The number of carbonyl (C=O) groups excluding carboxylic acids is 1. The first-order valence-electron chi connectivity index (χ1n) is 10.7. The number of amides is 1. The van der Waals surface area contributed by atoms with Crippen LogP contribution in [0.2, 0.25) is 0 Å². The van der Waals surface area contributed by atoms with Crippen LogP contribution in [0.25, 0.3) is 6.08 Å². The van der Waals surface area contributed by atoms with Gasteiger partial charge in [0.1, 0.15) is 5.75 Å². The van der Waals surface area contributed by atoms with E-state index < -0.39 is 0 Å². The molecule has 1 aromatic heterocycles. The van der Waals surface area contributed by atoms with Crippen LogP contribution < -0.4 is 5.32 Å². The first-order chi connectivity index (χ1) is 14.6. The minimum Gasteiger partial charge on any atom is -0.508 e. The van der Waals surface area contributed by atoms with Gasteiger partial charge in [0.2, 0.25) is 5.91 Å². The summed E-state index contributed by atoms with van der Waals surface area (Å²) in [6.45, 7) is 6.83. The van der Waals surface area contributed by atoms with Crippen LogP contribution in [0.5, 0.6) is 5.75 Å². The van der Waals surface area contributed by atoms with Gasteiger partial charge in [0.25, 0.3) is 0 Å². The molecule has 158 valence electrons. The van der Waals surface area contributed by atoms with Crippen LogP contribution in [0.3, 0.4) is 0 Å². The number of aromatic hydroxyl groups is 1. The first-order valence-corrected chi connectivity index (χ1v) is 10.7. The number of phenols is 1. The number of rotatable bonds is 6. The van der Waals surface area contributed by atoms with Gasteiger partial charge in [-0.3, -0.25) is 9.69 Å². The van der Waals surface area contributed by atoms with E-state index >= 15 is 0 Å². The highest BCUT2D eigenvalue weighted by atomic mass is 16.3. The summed E-state index contributed by atoms with van der Waals surface area (Å²) >= 11 is 0. The maximum atomic E-state index is 12.5. The van der Waals surface area contributed by atoms with Gasteiger partial charge in [0, 0.05) is 36.2 Å². The molecule has 2 aliphatic rings. The molecule has 5 heteroatoms. The molecule has 5 nitrogen and oxygen atoms in total. The van der Waals surface area contributed by atoms with Gasteiger partial charge in [0.05, 0.1) is 12.5 Å². The van der Waals surface area contributed by atoms with Gasteiger partial charge in [-0.25, -0.2) is 0 Å². The lowest BCUT2D eigenvalue weighted by molar-refractivity contribution is -0.117. The number of piperidine rings is 1. The van der Waals surface area contributed by atoms with E-state index in [1.165, 1.54) is 5.56 Å². The van der Waals surface area contributed by atoms with Crippen LogP contribution >= 0.6 is 0 Å². The molecule has 1 amide bonds. The fraction of sp³-hybridized carbons (Fsp3) is 0.400. The molecule has 0 spiro atoms. The molecule has 0 radical (unpaired) electrons. The van der Waals surface area contributed by atoms with E-state index in [2.05, 4.69) is 22.9 Å². The summed E-state index contributed by atoms with van der Waals surface area (Å²) in [6.07, 6.45) is 12.5. The molecule has 4 rings (SSSR count). The summed E-state index contributed by atoms with van der Waals surface area (Å²) in [5, 5.41) is 13.3. The lowest BCUT2D eigenvalue weighted by atomic mass is 9.58. The second-order valence-corrected chi connectivity index (χ2v) is 8.58. The predicted octanol–water partition coefficient (Wildman–Crippen LogP) is 4.11. The van der Waals surface area contributed by atoms with Gasteiger partial charge in [-0.2, -0.15) is 0 Å². The summed E-state index contributed by atoms with van der Waals surface area (Å²) in [5.41, 5.74) is 2.04. The van der Waals surface area contributed by atoms with E-state index in [-0.39, 0.29) is 17.4 Å². The third-order valence-electron chi connectivity index (χ3n) is 6.73. The minimum absolute atomic E-state index is 0.0269. The largest absolute Gasteiger partial charge is 0.508 e. The summed E-state index contributed by atoms with van der Waals surface area (Å²) in [5.74, 6) is 0.737. The van der Waals surface area contributed by atoms with Gasteiger partial charge in [-0.15, -0.1) is 6.58 Å². The Hall–Kier alpha value is -2.79. The smallest absolute Gasteiger partial charge is 0.244 e. The van der Waals surface area contributed by atoms with E-state index in [4.69, 9.17) is 4.42 Å². The van der Waals surface area contributed by atoms with Crippen LogP contribution in [0.1, 0.15) is 36.8 Å².